The lowest BCUT2D eigenvalue weighted by Gasteiger charge is -2.20. The maximum absolute atomic E-state index is 12.0. The molecule has 5 heteroatoms. The zero-order valence-corrected chi connectivity index (χ0v) is 11.9. The molecule has 1 aromatic rings. The lowest BCUT2D eigenvalue weighted by Crippen LogP contribution is -2.20. The smallest absolute Gasteiger partial charge is 0.229 e. The van der Waals surface area contributed by atoms with Gasteiger partial charge in [0, 0.05) is 30.2 Å². The van der Waals surface area contributed by atoms with Crippen molar-refractivity contribution >= 4 is 22.4 Å². The van der Waals surface area contributed by atoms with Crippen LogP contribution in [0.25, 0.3) is 0 Å². The molecular formula is C14H20N2O2S. The van der Waals surface area contributed by atoms with E-state index in [-0.39, 0.29) is 11.8 Å². The molecule has 0 bridgehead atoms. The van der Waals surface area contributed by atoms with Gasteiger partial charge in [-0.1, -0.05) is 12.8 Å². The summed E-state index contributed by atoms with van der Waals surface area (Å²) in [6.45, 7) is 1.68. The maximum Gasteiger partial charge on any atom is 0.229 e. The van der Waals surface area contributed by atoms with Gasteiger partial charge < -0.3 is 10.1 Å². The van der Waals surface area contributed by atoms with Crippen LogP contribution in [0.15, 0.2) is 6.20 Å². The normalized spacial score (nSPS) is 21.7. The van der Waals surface area contributed by atoms with Crippen molar-refractivity contribution in [3.05, 3.63) is 11.1 Å². The number of amides is 1. The van der Waals surface area contributed by atoms with Gasteiger partial charge in [-0.25, -0.2) is 4.98 Å². The van der Waals surface area contributed by atoms with E-state index in [9.17, 15) is 4.79 Å². The molecule has 4 nitrogen and oxygen atoms in total. The predicted molar refractivity (Wildman–Crippen MR) is 75.5 cm³/mol. The van der Waals surface area contributed by atoms with Crippen molar-refractivity contribution in [2.45, 2.75) is 44.4 Å². The molecule has 1 aliphatic carbocycles. The van der Waals surface area contributed by atoms with E-state index in [1.165, 1.54) is 17.7 Å². The summed E-state index contributed by atoms with van der Waals surface area (Å²) in [5, 5.41) is 3.74. The highest BCUT2D eigenvalue weighted by Crippen LogP contribution is 2.33. The van der Waals surface area contributed by atoms with Crippen molar-refractivity contribution in [1.29, 1.82) is 0 Å². The molecule has 3 rings (SSSR count). The number of hydrogen-bond donors (Lipinski definition) is 1. The highest BCUT2D eigenvalue weighted by atomic mass is 32.1. The lowest BCUT2D eigenvalue weighted by molar-refractivity contribution is -0.119. The minimum absolute atomic E-state index is 0.158. The van der Waals surface area contributed by atoms with Gasteiger partial charge in [0.05, 0.1) is 0 Å². The Balaban J connectivity index is 1.59. The van der Waals surface area contributed by atoms with E-state index in [2.05, 4.69) is 10.3 Å². The van der Waals surface area contributed by atoms with Crippen LogP contribution in [0, 0.1) is 5.92 Å². The minimum atomic E-state index is 0.158. The number of nitrogens with zero attached hydrogens (tertiary/aromatic N) is 1. The number of carbonyl (C=O) groups is 1. The minimum Gasteiger partial charge on any atom is -0.381 e. The van der Waals surface area contributed by atoms with Gasteiger partial charge in [-0.05, 0) is 31.6 Å². The van der Waals surface area contributed by atoms with Crippen LogP contribution in [-0.2, 0) is 9.53 Å². The Morgan fingerprint density at radius 3 is 2.74 bits per heavy atom. The van der Waals surface area contributed by atoms with Crippen molar-refractivity contribution in [2.24, 2.45) is 5.92 Å². The van der Waals surface area contributed by atoms with Gasteiger partial charge in [0.1, 0.15) is 0 Å². The number of ether oxygens (including phenoxy) is 1. The molecule has 104 valence electrons. The van der Waals surface area contributed by atoms with E-state index in [0.717, 1.165) is 44.0 Å². The number of anilines is 1. The molecule has 1 amide bonds. The molecule has 0 radical (unpaired) electrons. The van der Waals surface area contributed by atoms with Crippen molar-refractivity contribution in [2.75, 3.05) is 18.5 Å². The van der Waals surface area contributed by atoms with Crippen LogP contribution < -0.4 is 5.32 Å². The van der Waals surface area contributed by atoms with Crippen molar-refractivity contribution < 1.29 is 9.53 Å². The molecule has 0 aromatic carbocycles. The van der Waals surface area contributed by atoms with Gasteiger partial charge in [-0.15, -0.1) is 11.3 Å². The first-order chi connectivity index (χ1) is 9.33. The third-order valence-corrected chi connectivity index (χ3v) is 5.18. The first-order valence-corrected chi connectivity index (χ1v) is 7.99. The summed E-state index contributed by atoms with van der Waals surface area (Å²) in [7, 11) is 0. The van der Waals surface area contributed by atoms with Gasteiger partial charge >= 0.3 is 0 Å². The zero-order valence-electron chi connectivity index (χ0n) is 11.1. The highest BCUT2D eigenvalue weighted by molar-refractivity contribution is 7.15. The summed E-state index contributed by atoms with van der Waals surface area (Å²) < 4.78 is 5.37. The zero-order chi connectivity index (χ0) is 13.1. The van der Waals surface area contributed by atoms with Crippen LogP contribution in [-0.4, -0.2) is 24.1 Å². The van der Waals surface area contributed by atoms with Gasteiger partial charge in [0.15, 0.2) is 5.13 Å². The van der Waals surface area contributed by atoms with E-state index < -0.39 is 0 Å². The molecule has 2 fully saturated rings. The second kappa shape index (κ2) is 6.01. The first-order valence-electron chi connectivity index (χ1n) is 7.17. The average molecular weight is 280 g/mol. The summed E-state index contributed by atoms with van der Waals surface area (Å²) in [5.41, 5.74) is 0. The number of aromatic nitrogens is 1. The number of rotatable bonds is 3. The number of nitrogens with one attached hydrogen (secondary N) is 1. The molecule has 0 spiro atoms. The van der Waals surface area contributed by atoms with Crippen LogP contribution in [0.3, 0.4) is 0 Å². The van der Waals surface area contributed by atoms with E-state index in [1.807, 2.05) is 6.20 Å². The van der Waals surface area contributed by atoms with E-state index in [0.29, 0.717) is 5.92 Å². The second-order valence-corrected chi connectivity index (χ2v) is 6.49. The molecule has 2 aliphatic rings. The molecule has 1 saturated heterocycles. The molecular weight excluding hydrogens is 260 g/mol. The Morgan fingerprint density at radius 1 is 1.26 bits per heavy atom. The third kappa shape index (κ3) is 3.15. The molecule has 1 saturated carbocycles. The van der Waals surface area contributed by atoms with E-state index in [4.69, 9.17) is 4.74 Å². The Morgan fingerprint density at radius 2 is 2.00 bits per heavy atom. The summed E-state index contributed by atoms with van der Waals surface area (Å²) in [6.07, 6.45) is 8.49. The molecule has 2 heterocycles. The number of hydrogen-bond acceptors (Lipinski definition) is 4. The summed E-state index contributed by atoms with van der Waals surface area (Å²) in [4.78, 5) is 17.7. The largest absolute Gasteiger partial charge is 0.381 e. The standard InChI is InChI=1S/C14H20N2O2S/c17-13(11-3-1-2-4-11)16-14-15-9-12(19-14)10-5-7-18-8-6-10/h9-11H,1-8H2,(H,15,16,17). The molecule has 0 unspecified atom stereocenters. The Bertz CT molecular complexity index is 434. The fourth-order valence-electron chi connectivity index (χ4n) is 2.91. The van der Waals surface area contributed by atoms with Gasteiger partial charge in [0.25, 0.3) is 0 Å². The molecule has 19 heavy (non-hydrogen) atoms. The Hall–Kier alpha value is -0.940. The molecule has 0 atom stereocenters. The quantitative estimate of drug-likeness (QED) is 0.925. The van der Waals surface area contributed by atoms with E-state index in [1.54, 1.807) is 11.3 Å². The van der Waals surface area contributed by atoms with Crippen molar-refractivity contribution in [3.8, 4) is 0 Å². The molecule has 1 N–H and O–H groups in total. The van der Waals surface area contributed by atoms with Crippen LogP contribution >= 0.6 is 11.3 Å². The Kier molecular flexibility index (Phi) is 4.13. The monoisotopic (exact) mass is 280 g/mol. The SMILES string of the molecule is O=C(Nc1ncc(C2CCOCC2)s1)C1CCCC1. The fraction of sp³-hybridized carbons (Fsp3) is 0.714. The summed E-state index contributed by atoms with van der Waals surface area (Å²) >= 11 is 1.63. The second-order valence-electron chi connectivity index (χ2n) is 5.43. The van der Waals surface area contributed by atoms with Gasteiger partial charge in [-0.3, -0.25) is 4.79 Å². The van der Waals surface area contributed by atoms with Crippen LogP contribution in [0.1, 0.15) is 49.3 Å². The molecule has 1 aromatic heterocycles. The van der Waals surface area contributed by atoms with Crippen molar-refractivity contribution in [1.82, 2.24) is 4.98 Å². The molecule has 1 aliphatic heterocycles. The summed E-state index contributed by atoms with van der Waals surface area (Å²) in [5.74, 6) is 0.921. The maximum atomic E-state index is 12.0. The highest BCUT2D eigenvalue weighted by Gasteiger charge is 2.24. The Labute approximate surface area is 117 Å². The fourth-order valence-corrected chi connectivity index (χ4v) is 3.90. The predicted octanol–water partition coefficient (Wildman–Crippen LogP) is 3.17. The van der Waals surface area contributed by atoms with Crippen molar-refractivity contribution in [3.63, 3.8) is 0 Å². The van der Waals surface area contributed by atoms with Gasteiger partial charge in [-0.2, -0.15) is 0 Å². The van der Waals surface area contributed by atoms with Crippen LogP contribution in [0.4, 0.5) is 5.13 Å². The van der Waals surface area contributed by atoms with E-state index >= 15 is 0 Å². The van der Waals surface area contributed by atoms with Gasteiger partial charge in [0.2, 0.25) is 5.91 Å². The number of carbonyl (C=O) groups excluding carboxylic acids is 1. The first kappa shape index (κ1) is 13.1. The number of thiazole rings is 1. The lowest BCUT2D eigenvalue weighted by atomic mass is 9.99. The third-order valence-electron chi connectivity index (χ3n) is 4.10. The topological polar surface area (TPSA) is 51.2 Å². The average Bonchev–Trinajstić information content (AvgIpc) is 3.11. The van der Waals surface area contributed by atoms with Crippen LogP contribution in [0.5, 0.6) is 0 Å². The summed E-state index contributed by atoms with van der Waals surface area (Å²) in [6, 6.07) is 0. The van der Waals surface area contributed by atoms with Crippen LogP contribution in [0.2, 0.25) is 0 Å².